The number of piperidine rings is 2. The number of hydrogen-bond acceptors (Lipinski definition) is 5. The Kier molecular flexibility index (Phi) is 5.99. The minimum absolute atomic E-state index is 0.132. The molecule has 0 atom stereocenters. The summed E-state index contributed by atoms with van der Waals surface area (Å²) in [6.45, 7) is 10.1. The Morgan fingerprint density at radius 2 is 1.64 bits per heavy atom. The van der Waals surface area contributed by atoms with E-state index in [-0.39, 0.29) is 12.1 Å². The molecule has 2 amide bonds. The Morgan fingerprint density at radius 1 is 0.964 bits per heavy atom. The molecule has 0 radical (unpaired) electrons. The van der Waals surface area contributed by atoms with Gasteiger partial charge in [-0.2, -0.15) is 0 Å². The van der Waals surface area contributed by atoms with Gasteiger partial charge in [-0.1, -0.05) is 0 Å². The predicted octanol–water partition coefficient (Wildman–Crippen LogP) is 2.33. The number of urea groups is 1. The van der Waals surface area contributed by atoms with Crippen LogP contribution in [0.15, 0.2) is 6.07 Å². The largest absolute Gasteiger partial charge is 0.356 e. The monoisotopic (exact) mass is 386 g/mol. The molecule has 1 aromatic rings. The Balaban J connectivity index is 1.22. The van der Waals surface area contributed by atoms with Crippen LogP contribution in [0.5, 0.6) is 0 Å². The van der Waals surface area contributed by atoms with Gasteiger partial charge < -0.3 is 20.0 Å². The molecule has 0 bridgehead atoms. The summed E-state index contributed by atoms with van der Waals surface area (Å²) in [4.78, 5) is 28.6. The lowest BCUT2D eigenvalue weighted by Crippen LogP contribution is -2.53. The molecule has 28 heavy (non-hydrogen) atoms. The fourth-order valence-electron chi connectivity index (χ4n) is 4.92. The highest BCUT2D eigenvalue weighted by Crippen LogP contribution is 2.22. The maximum atomic E-state index is 12.7. The minimum atomic E-state index is 0.132. The number of likely N-dealkylation sites (tertiary alicyclic amines) is 2. The van der Waals surface area contributed by atoms with Gasteiger partial charge in [-0.25, -0.2) is 14.8 Å². The topological polar surface area (TPSA) is 64.6 Å². The van der Waals surface area contributed by atoms with Crippen LogP contribution in [0.4, 0.5) is 10.6 Å². The molecule has 3 fully saturated rings. The summed E-state index contributed by atoms with van der Waals surface area (Å²) in [6, 6.07) is 3.14. The predicted molar refractivity (Wildman–Crippen MR) is 111 cm³/mol. The number of nitrogens with one attached hydrogen (secondary N) is 1. The normalized spacial score (nSPS) is 22.6. The zero-order valence-corrected chi connectivity index (χ0v) is 17.4. The van der Waals surface area contributed by atoms with E-state index in [2.05, 4.69) is 31.2 Å². The van der Waals surface area contributed by atoms with Crippen molar-refractivity contribution in [3.8, 4) is 0 Å². The van der Waals surface area contributed by atoms with Crippen LogP contribution in [0, 0.1) is 13.8 Å². The number of nitrogens with zero attached hydrogens (tertiary/aromatic N) is 5. The van der Waals surface area contributed by atoms with Crippen molar-refractivity contribution in [3.63, 3.8) is 0 Å². The fourth-order valence-corrected chi connectivity index (χ4v) is 4.92. The Labute approximate surface area is 168 Å². The fraction of sp³-hybridized carbons (Fsp3) is 0.762. The first-order valence-electron chi connectivity index (χ1n) is 11.0. The number of rotatable bonds is 3. The number of aryl methyl sites for hydroxylation is 2. The van der Waals surface area contributed by atoms with Crippen LogP contribution < -0.4 is 10.2 Å². The van der Waals surface area contributed by atoms with E-state index in [4.69, 9.17) is 0 Å². The Morgan fingerprint density at radius 3 is 2.29 bits per heavy atom. The molecular weight excluding hydrogens is 352 g/mol. The lowest BCUT2D eigenvalue weighted by molar-refractivity contribution is 0.131. The summed E-state index contributed by atoms with van der Waals surface area (Å²) >= 11 is 0. The summed E-state index contributed by atoms with van der Waals surface area (Å²) in [7, 11) is 0. The van der Waals surface area contributed by atoms with Gasteiger partial charge in [-0.05, 0) is 65.5 Å². The van der Waals surface area contributed by atoms with E-state index in [9.17, 15) is 4.79 Å². The van der Waals surface area contributed by atoms with Crippen molar-refractivity contribution in [1.82, 2.24) is 25.1 Å². The number of carbonyl (C=O) groups is 1. The first kappa shape index (κ1) is 19.4. The van der Waals surface area contributed by atoms with Gasteiger partial charge in [-0.3, -0.25) is 0 Å². The molecule has 4 rings (SSSR count). The summed E-state index contributed by atoms with van der Waals surface area (Å²) in [5, 5.41) is 3.28. The van der Waals surface area contributed by atoms with E-state index in [1.165, 1.54) is 25.9 Å². The molecule has 0 spiro atoms. The first-order valence-corrected chi connectivity index (χ1v) is 11.0. The molecule has 7 heteroatoms. The third-order valence-electron chi connectivity index (χ3n) is 6.51. The van der Waals surface area contributed by atoms with Gasteiger partial charge in [0, 0.05) is 50.0 Å². The average molecular weight is 387 g/mol. The minimum Gasteiger partial charge on any atom is -0.356 e. The second kappa shape index (κ2) is 8.64. The van der Waals surface area contributed by atoms with Gasteiger partial charge >= 0.3 is 6.03 Å². The van der Waals surface area contributed by atoms with E-state index in [0.29, 0.717) is 6.04 Å². The highest BCUT2D eigenvalue weighted by atomic mass is 16.2. The lowest BCUT2D eigenvalue weighted by atomic mass is 10.0. The molecule has 1 N–H and O–H groups in total. The molecule has 3 aliphatic rings. The third kappa shape index (κ3) is 4.57. The summed E-state index contributed by atoms with van der Waals surface area (Å²) < 4.78 is 0. The van der Waals surface area contributed by atoms with Gasteiger partial charge in [0.05, 0.1) is 0 Å². The Bertz CT molecular complexity index is 653. The van der Waals surface area contributed by atoms with Gasteiger partial charge in [-0.15, -0.1) is 0 Å². The third-order valence-corrected chi connectivity index (χ3v) is 6.51. The van der Waals surface area contributed by atoms with Crippen molar-refractivity contribution >= 4 is 11.8 Å². The SMILES string of the molecule is Cc1cc(N2CCC(NC(=O)N3CCC(N4CCCC4)CC3)CC2)nc(C)n1. The van der Waals surface area contributed by atoms with Gasteiger partial charge in [0.2, 0.25) is 0 Å². The van der Waals surface area contributed by atoms with Crippen LogP contribution in [0.3, 0.4) is 0 Å². The van der Waals surface area contributed by atoms with Gasteiger partial charge in [0.25, 0.3) is 0 Å². The van der Waals surface area contributed by atoms with Crippen molar-refractivity contribution in [2.75, 3.05) is 44.2 Å². The van der Waals surface area contributed by atoms with Crippen LogP contribution >= 0.6 is 0 Å². The highest BCUT2D eigenvalue weighted by Gasteiger charge is 2.29. The molecule has 3 saturated heterocycles. The van der Waals surface area contributed by atoms with E-state index in [1.807, 2.05) is 18.7 Å². The maximum Gasteiger partial charge on any atom is 0.317 e. The van der Waals surface area contributed by atoms with Gasteiger partial charge in [0.1, 0.15) is 11.6 Å². The van der Waals surface area contributed by atoms with Gasteiger partial charge in [0.15, 0.2) is 0 Å². The molecule has 0 saturated carbocycles. The van der Waals surface area contributed by atoms with Crippen molar-refractivity contribution in [3.05, 3.63) is 17.6 Å². The van der Waals surface area contributed by atoms with Crippen LogP contribution in [-0.2, 0) is 0 Å². The zero-order chi connectivity index (χ0) is 19.5. The van der Waals surface area contributed by atoms with Crippen LogP contribution in [0.2, 0.25) is 0 Å². The molecule has 7 nitrogen and oxygen atoms in total. The van der Waals surface area contributed by atoms with Crippen LogP contribution in [0.25, 0.3) is 0 Å². The van der Waals surface area contributed by atoms with Crippen molar-refractivity contribution in [2.45, 2.75) is 64.5 Å². The van der Waals surface area contributed by atoms with Crippen molar-refractivity contribution in [2.24, 2.45) is 0 Å². The quantitative estimate of drug-likeness (QED) is 0.864. The van der Waals surface area contributed by atoms with Crippen LogP contribution in [0.1, 0.15) is 50.0 Å². The second-order valence-electron chi connectivity index (χ2n) is 8.59. The van der Waals surface area contributed by atoms with E-state index >= 15 is 0 Å². The number of aromatic nitrogens is 2. The number of carbonyl (C=O) groups excluding carboxylic acids is 1. The van der Waals surface area contributed by atoms with E-state index < -0.39 is 0 Å². The summed E-state index contributed by atoms with van der Waals surface area (Å²) in [5.41, 5.74) is 1.01. The lowest BCUT2D eigenvalue weighted by Gasteiger charge is -2.38. The molecular formula is C21H34N6O. The van der Waals surface area contributed by atoms with Crippen LogP contribution in [-0.4, -0.2) is 77.2 Å². The molecule has 0 aromatic carbocycles. The number of hydrogen-bond donors (Lipinski definition) is 1. The molecule has 4 heterocycles. The molecule has 0 aliphatic carbocycles. The molecule has 1 aromatic heterocycles. The average Bonchev–Trinajstić information content (AvgIpc) is 3.23. The molecule has 3 aliphatic heterocycles. The maximum absolute atomic E-state index is 12.7. The zero-order valence-electron chi connectivity index (χ0n) is 17.4. The highest BCUT2D eigenvalue weighted by molar-refractivity contribution is 5.74. The number of amides is 2. The molecule has 0 unspecified atom stereocenters. The summed E-state index contributed by atoms with van der Waals surface area (Å²) in [5.74, 6) is 1.83. The van der Waals surface area contributed by atoms with E-state index in [0.717, 1.165) is 69.2 Å². The van der Waals surface area contributed by atoms with Crippen molar-refractivity contribution in [1.29, 1.82) is 0 Å². The summed E-state index contributed by atoms with van der Waals surface area (Å²) in [6.07, 6.45) is 6.87. The van der Waals surface area contributed by atoms with Crippen molar-refractivity contribution < 1.29 is 4.79 Å². The number of anilines is 1. The Hall–Kier alpha value is -1.89. The second-order valence-corrected chi connectivity index (χ2v) is 8.59. The first-order chi connectivity index (χ1) is 13.6. The van der Waals surface area contributed by atoms with E-state index in [1.54, 1.807) is 0 Å². The molecule has 154 valence electrons. The standard InChI is InChI=1S/C21H34N6O/c1-16-15-20(23-17(2)22-16)26-11-5-18(6-12-26)24-21(28)27-13-7-19(8-14-27)25-9-3-4-10-25/h15,18-19H,3-14H2,1-2H3,(H,24,28). The smallest absolute Gasteiger partial charge is 0.317 e.